The fourth-order valence-electron chi connectivity index (χ4n) is 3.69. The summed E-state index contributed by atoms with van der Waals surface area (Å²) in [6, 6.07) is 6.32. The molecule has 0 aromatic heterocycles. The standard InChI is InChI=1S/C22H24N6O18S6.4Na/c23-20-17(27-26-16-6-5-15(11-18(16)49(33,34)35)48(31,32)10-8-46-52(42,43)44)12-19(50(36,37)38)21(24)22(20)28-25-13-1-3-14(4-2-13)47(29,30)9-7-45-51(39,40)41;;;;/h1-6,11-12H,7-10,23-24H2,(H,33,34,35)(H,36,37,38)(H,39,40,41)(H,42,43,44);;;;/q;4*+1/p-4. The van der Waals surface area contributed by atoms with Gasteiger partial charge in [-0.1, -0.05) is 0 Å². The Morgan fingerprint density at radius 3 is 1.38 bits per heavy atom. The van der Waals surface area contributed by atoms with Crippen LogP contribution in [0.15, 0.2) is 88.6 Å². The van der Waals surface area contributed by atoms with Crippen molar-refractivity contribution in [1.29, 1.82) is 0 Å². The zero-order chi connectivity index (χ0) is 39.5. The summed E-state index contributed by atoms with van der Waals surface area (Å²) < 4.78 is 192. The number of nitrogens with zero attached hydrogens (tertiary/aromatic N) is 4. The predicted molar refractivity (Wildman–Crippen MR) is 168 cm³/mol. The number of nitrogen functional groups attached to an aromatic ring is 2. The minimum Gasteiger partial charge on any atom is -0.744 e. The SMILES string of the molecule is Nc1c(N=Nc2ccc(S(=O)(=O)CCOS(=O)(=O)[O-])cc2S(=O)(=O)[O-])cc(S(=O)(=O)[O-])c(N)c1N=Nc1ccc(S(=O)(=O)CCOS(=O)(=O)[O-])cc1.[Na+].[Na+].[Na+].[Na+]. The first kappa shape index (κ1) is 58.0. The Hall–Kier alpha value is -0.0800. The molecule has 0 saturated carbocycles. The number of hydrogen-bond donors (Lipinski definition) is 2. The molecule has 286 valence electrons. The molecule has 0 aliphatic rings. The molecule has 4 N–H and O–H groups in total. The summed E-state index contributed by atoms with van der Waals surface area (Å²) in [6.07, 6.45) is 0. The quantitative estimate of drug-likeness (QED) is 0.0443. The molecule has 34 heteroatoms. The number of nitrogens with two attached hydrogens (primary N) is 2. The van der Waals surface area contributed by atoms with Crippen molar-refractivity contribution < 1.29 is 195 Å². The first-order valence-electron chi connectivity index (χ1n) is 13.0. The van der Waals surface area contributed by atoms with Gasteiger partial charge in [0.25, 0.3) is 0 Å². The molecule has 0 amide bonds. The second-order valence-corrected chi connectivity index (χ2v) is 18.6. The summed E-state index contributed by atoms with van der Waals surface area (Å²) in [6.45, 7) is -2.12. The van der Waals surface area contributed by atoms with E-state index < -0.39 is 129 Å². The number of sulfone groups is 2. The largest absolute Gasteiger partial charge is 1.00 e. The topological polar surface area (TPSA) is 417 Å². The number of benzene rings is 3. The summed E-state index contributed by atoms with van der Waals surface area (Å²) in [5.41, 5.74) is 7.89. The van der Waals surface area contributed by atoms with Gasteiger partial charge in [-0.3, -0.25) is 8.37 Å². The van der Waals surface area contributed by atoms with Gasteiger partial charge in [0.2, 0.25) is 20.8 Å². The van der Waals surface area contributed by atoms with Gasteiger partial charge in [0, 0.05) is 0 Å². The van der Waals surface area contributed by atoms with Gasteiger partial charge >= 0.3 is 118 Å². The molecule has 0 saturated heterocycles. The normalized spacial score (nSPS) is 12.6. The summed E-state index contributed by atoms with van der Waals surface area (Å²) in [5, 5.41) is 14.5. The Balaban J connectivity index is 0. The zero-order valence-corrected chi connectivity index (χ0v) is 42.1. The van der Waals surface area contributed by atoms with E-state index >= 15 is 0 Å². The van der Waals surface area contributed by atoms with E-state index in [1.165, 1.54) is 0 Å². The van der Waals surface area contributed by atoms with Gasteiger partial charge in [-0.05, 0) is 48.5 Å². The Morgan fingerprint density at radius 1 is 0.500 bits per heavy atom. The maximum absolute atomic E-state index is 12.5. The average molecular weight is 941 g/mol. The minimum atomic E-state index is -5.54. The zero-order valence-electron chi connectivity index (χ0n) is 29.2. The van der Waals surface area contributed by atoms with Crippen molar-refractivity contribution in [3.8, 4) is 0 Å². The van der Waals surface area contributed by atoms with Crippen molar-refractivity contribution in [2.75, 3.05) is 36.2 Å². The van der Waals surface area contributed by atoms with Crippen molar-refractivity contribution in [2.45, 2.75) is 19.6 Å². The second-order valence-electron chi connectivity index (χ2n) is 9.60. The van der Waals surface area contributed by atoms with Crippen molar-refractivity contribution in [3.05, 3.63) is 48.5 Å². The molecule has 0 atom stereocenters. The molecule has 0 fully saturated rings. The van der Waals surface area contributed by atoms with E-state index in [1.807, 2.05) is 0 Å². The predicted octanol–water partition coefficient (Wildman–Crippen LogP) is -12.0. The second kappa shape index (κ2) is 22.7. The van der Waals surface area contributed by atoms with Crippen LogP contribution in [0.4, 0.5) is 34.1 Å². The van der Waals surface area contributed by atoms with Crippen molar-refractivity contribution in [3.63, 3.8) is 0 Å². The van der Waals surface area contributed by atoms with Crippen LogP contribution in [0.5, 0.6) is 0 Å². The molecule has 0 heterocycles. The number of anilines is 2. The van der Waals surface area contributed by atoms with Crippen LogP contribution in [0.2, 0.25) is 0 Å². The first-order chi connectivity index (χ1) is 23.6. The van der Waals surface area contributed by atoms with Crippen LogP contribution >= 0.6 is 0 Å². The van der Waals surface area contributed by atoms with Crippen molar-refractivity contribution in [2.24, 2.45) is 20.5 Å². The van der Waals surface area contributed by atoms with Crippen LogP contribution in [0.1, 0.15) is 0 Å². The van der Waals surface area contributed by atoms with Crippen molar-refractivity contribution in [1.82, 2.24) is 0 Å². The van der Waals surface area contributed by atoms with E-state index in [0.29, 0.717) is 24.3 Å². The molecular weight excluding hydrogens is 921 g/mol. The third kappa shape index (κ3) is 17.5. The number of azo groups is 2. The van der Waals surface area contributed by atoms with E-state index in [0.717, 1.165) is 24.3 Å². The monoisotopic (exact) mass is 940 g/mol. The van der Waals surface area contributed by atoms with Crippen LogP contribution in [0, 0.1) is 0 Å². The maximum atomic E-state index is 12.5. The molecule has 0 unspecified atom stereocenters. The van der Waals surface area contributed by atoms with Crippen molar-refractivity contribution >= 4 is 94.8 Å². The van der Waals surface area contributed by atoms with Gasteiger partial charge in [0.05, 0.1) is 61.4 Å². The van der Waals surface area contributed by atoms with Gasteiger partial charge in [-0.25, -0.2) is 50.5 Å². The molecule has 0 aliphatic heterocycles. The molecule has 24 nitrogen and oxygen atoms in total. The van der Waals surface area contributed by atoms with E-state index in [9.17, 15) is 68.7 Å². The van der Waals surface area contributed by atoms with Crippen LogP contribution < -0.4 is 130 Å². The fraction of sp³-hybridized carbons (Fsp3) is 0.182. The molecule has 0 bridgehead atoms. The van der Waals surface area contributed by atoms with Gasteiger partial charge < -0.3 is 29.7 Å². The average Bonchev–Trinajstić information content (AvgIpc) is 2.98. The Kier molecular flexibility index (Phi) is 23.5. The van der Waals surface area contributed by atoms with E-state index in [2.05, 4.69) is 28.8 Å². The fourth-order valence-corrected chi connectivity index (χ4v) is 8.01. The minimum absolute atomic E-state index is 0. The number of rotatable bonds is 16. The van der Waals surface area contributed by atoms with E-state index in [-0.39, 0.29) is 129 Å². The summed E-state index contributed by atoms with van der Waals surface area (Å²) in [5.74, 6) is -2.04. The molecule has 0 radical (unpaired) electrons. The molecule has 3 aromatic carbocycles. The van der Waals surface area contributed by atoms with Gasteiger partial charge in [0.1, 0.15) is 37.3 Å². The third-order valence-corrected chi connectivity index (χ3v) is 12.1. The number of hydrogen-bond acceptors (Lipinski definition) is 24. The van der Waals surface area contributed by atoms with E-state index in [1.54, 1.807) is 0 Å². The molecule has 3 aromatic rings. The Labute approximate surface area is 409 Å². The van der Waals surface area contributed by atoms with Crippen LogP contribution in [-0.4, -0.2) is 93.4 Å². The maximum Gasteiger partial charge on any atom is 1.00 e. The van der Waals surface area contributed by atoms with Gasteiger partial charge in [-0.2, -0.15) is 5.11 Å². The van der Waals surface area contributed by atoms with E-state index in [4.69, 9.17) is 11.5 Å². The summed E-state index contributed by atoms with van der Waals surface area (Å²) in [4.78, 5) is -3.69. The Bertz CT molecular complexity index is 2630. The van der Waals surface area contributed by atoms with Gasteiger partial charge in [-0.15, -0.1) is 15.3 Å². The first-order valence-corrected chi connectivity index (χ1v) is 21.8. The van der Waals surface area contributed by atoms with Gasteiger partial charge in [0.15, 0.2) is 19.7 Å². The third-order valence-electron chi connectivity index (χ3n) is 6.03. The summed E-state index contributed by atoms with van der Waals surface area (Å²) in [7, 11) is -30.1. The molecular formula is C22H20N6Na4O18S6. The van der Waals surface area contributed by atoms with Crippen LogP contribution in [0.3, 0.4) is 0 Å². The smallest absolute Gasteiger partial charge is 0.744 e. The summed E-state index contributed by atoms with van der Waals surface area (Å²) >= 11 is 0. The van der Waals surface area contributed by atoms with Crippen LogP contribution in [0.25, 0.3) is 0 Å². The Morgan fingerprint density at radius 2 is 0.929 bits per heavy atom. The molecule has 56 heavy (non-hydrogen) atoms. The molecule has 3 rings (SSSR count). The molecule has 0 spiro atoms. The van der Waals surface area contributed by atoms with Crippen LogP contribution in [-0.2, 0) is 69.1 Å². The molecule has 0 aliphatic carbocycles.